The molecular weight excluding hydrogens is 398 g/mol. The second kappa shape index (κ2) is 7.91. The fourth-order valence-electron chi connectivity index (χ4n) is 4.47. The summed E-state index contributed by atoms with van der Waals surface area (Å²) in [6.45, 7) is 7.54. The van der Waals surface area contributed by atoms with Crippen molar-refractivity contribution in [2.24, 2.45) is 7.05 Å². The quantitative estimate of drug-likeness (QED) is 0.477. The van der Waals surface area contributed by atoms with Crippen molar-refractivity contribution in [2.45, 2.75) is 33.2 Å². The fourth-order valence-corrected chi connectivity index (χ4v) is 4.47. The monoisotopic (exact) mass is 427 g/mol. The molecule has 4 aromatic rings. The first kappa shape index (κ1) is 20.5. The molecule has 0 bridgehead atoms. The molecule has 0 amide bonds. The van der Waals surface area contributed by atoms with Crippen molar-refractivity contribution in [3.63, 3.8) is 0 Å². The summed E-state index contributed by atoms with van der Waals surface area (Å²) in [6.07, 6.45) is 2.92. The smallest absolute Gasteiger partial charge is 0.229 e. The van der Waals surface area contributed by atoms with E-state index in [4.69, 9.17) is 4.98 Å². The first-order chi connectivity index (χ1) is 15.4. The van der Waals surface area contributed by atoms with Crippen molar-refractivity contribution in [3.8, 4) is 0 Å². The lowest BCUT2D eigenvalue weighted by Crippen LogP contribution is -2.30. The second-order valence-corrected chi connectivity index (χ2v) is 8.74. The molecule has 2 aromatic carbocycles. The van der Waals surface area contributed by atoms with Gasteiger partial charge >= 0.3 is 0 Å². The second-order valence-electron chi connectivity index (χ2n) is 8.74. The van der Waals surface area contributed by atoms with Gasteiger partial charge in [0.2, 0.25) is 5.95 Å². The summed E-state index contributed by atoms with van der Waals surface area (Å²) in [5.41, 5.74) is 7.99. The van der Waals surface area contributed by atoms with Crippen LogP contribution >= 0.6 is 0 Å². The topological polar surface area (TPSA) is 70.9 Å². The summed E-state index contributed by atoms with van der Waals surface area (Å²) < 4.78 is 1.79. The van der Waals surface area contributed by atoms with Crippen molar-refractivity contribution in [3.05, 3.63) is 64.8 Å². The highest BCUT2D eigenvalue weighted by Gasteiger charge is 2.21. The SMILES string of the molecule is Cc1cccc(C)c1Nc1nn(C)c2nc(Nc3ccc4c(c3)C(C)N(C)CC4)ncc12. The average molecular weight is 428 g/mol. The zero-order valence-corrected chi connectivity index (χ0v) is 19.3. The Morgan fingerprint density at radius 3 is 2.59 bits per heavy atom. The van der Waals surface area contributed by atoms with Gasteiger partial charge in [-0.05, 0) is 68.6 Å². The van der Waals surface area contributed by atoms with Gasteiger partial charge in [-0.25, -0.2) is 9.67 Å². The molecule has 1 unspecified atom stereocenters. The van der Waals surface area contributed by atoms with Crippen molar-refractivity contribution in [1.29, 1.82) is 0 Å². The van der Waals surface area contributed by atoms with Gasteiger partial charge < -0.3 is 10.6 Å². The van der Waals surface area contributed by atoms with Crippen LogP contribution in [0.4, 0.5) is 23.1 Å². The van der Waals surface area contributed by atoms with Crippen molar-refractivity contribution in [1.82, 2.24) is 24.6 Å². The van der Waals surface area contributed by atoms with Crippen LogP contribution < -0.4 is 10.6 Å². The standard InChI is InChI=1S/C25H29N7/c1-15-7-6-8-16(2)22(15)28-23-21-14-26-25(29-24(21)32(5)30-23)27-19-10-9-18-11-12-31(4)17(3)20(18)13-19/h6-10,13-14,17H,11-12H2,1-5H3,(H,28,30)(H,26,27,29). The van der Waals surface area contributed by atoms with Gasteiger partial charge in [-0.15, -0.1) is 0 Å². The number of nitrogens with one attached hydrogen (secondary N) is 2. The first-order valence-corrected chi connectivity index (χ1v) is 11.0. The molecule has 5 rings (SSSR count). The maximum Gasteiger partial charge on any atom is 0.229 e. The van der Waals surface area contributed by atoms with Crippen LogP contribution in [0.1, 0.15) is 35.2 Å². The van der Waals surface area contributed by atoms with E-state index in [1.165, 1.54) is 22.3 Å². The van der Waals surface area contributed by atoms with Crippen LogP contribution in [0.3, 0.4) is 0 Å². The third-order valence-electron chi connectivity index (χ3n) is 6.55. The molecule has 1 aliphatic rings. The molecule has 0 radical (unpaired) electrons. The first-order valence-electron chi connectivity index (χ1n) is 11.0. The lowest BCUT2D eigenvalue weighted by molar-refractivity contribution is 0.247. The van der Waals surface area contributed by atoms with E-state index in [0.717, 1.165) is 41.2 Å². The van der Waals surface area contributed by atoms with Crippen LogP contribution in [0, 0.1) is 13.8 Å². The zero-order valence-electron chi connectivity index (χ0n) is 19.3. The Balaban J connectivity index is 1.44. The average Bonchev–Trinajstić information content (AvgIpc) is 3.09. The molecule has 0 fully saturated rings. The Hall–Kier alpha value is -3.45. The molecule has 0 spiro atoms. The van der Waals surface area contributed by atoms with Crippen LogP contribution in [0.25, 0.3) is 11.0 Å². The number of hydrogen-bond acceptors (Lipinski definition) is 6. The molecule has 0 aliphatic carbocycles. The van der Waals surface area contributed by atoms with E-state index in [-0.39, 0.29) is 0 Å². The van der Waals surface area contributed by atoms with Crippen LogP contribution in [0.2, 0.25) is 0 Å². The number of para-hydroxylation sites is 1. The minimum Gasteiger partial charge on any atom is -0.338 e. The highest BCUT2D eigenvalue weighted by Crippen LogP contribution is 2.32. The number of hydrogen-bond donors (Lipinski definition) is 2. The molecule has 7 nitrogen and oxygen atoms in total. The largest absolute Gasteiger partial charge is 0.338 e. The Morgan fingerprint density at radius 1 is 1.03 bits per heavy atom. The van der Waals surface area contributed by atoms with Crippen LogP contribution in [0.15, 0.2) is 42.6 Å². The normalized spacial score (nSPS) is 16.2. The van der Waals surface area contributed by atoms with Crippen molar-refractivity contribution >= 4 is 34.2 Å². The molecule has 7 heteroatoms. The van der Waals surface area contributed by atoms with Crippen molar-refractivity contribution < 1.29 is 0 Å². The van der Waals surface area contributed by atoms with Crippen LogP contribution in [0.5, 0.6) is 0 Å². The number of rotatable bonds is 4. The minimum atomic E-state index is 0.402. The summed E-state index contributed by atoms with van der Waals surface area (Å²) >= 11 is 0. The van der Waals surface area contributed by atoms with Gasteiger partial charge in [0.05, 0.1) is 5.39 Å². The maximum atomic E-state index is 4.75. The Kier molecular flexibility index (Phi) is 5.06. The number of fused-ring (bicyclic) bond motifs is 2. The number of benzene rings is 2. The summed E-state index contributed by atoms with van der Waals surface area (Å²) in [4.78, 5) is 11.7. The van der Waals surface area contributed by atoms with Gasteiger partial charge in [-0.2, -0.15) is 10.1 Å². The predicted molar refractivity (Wildman–Crippen MR) is 130 cm³/mol. The number of nitrogens with zero attached hydrogens (tertiary/aromatic N) is 5. The Morgan fingerprint density at radius 2 is 1.81 bits per heavy atom. The highest BCUT2D eigenvalue weighted by atomic mass is 15.3. The summed E-state index contributed by atoms with van der Waals surface area (Å²) in [7, 11) is 4.09. The van der Waals surface area contributed by atoms with E-state index in [2.05, 4.69) is 89.8 Å². The molecule has 1 aliphatic heterocycles. The summed E-state index contributed by atoms with van der Waals surface area (Å²) in [5.74, 6) is 1.33. The molecular formula is C25H29N7. The third kappa shape index (κ3) is 3.58. The van der Waals surface area contributed by atoms with Gasteiger partial charge in [-0.1, -0.05) is 24.3 Å². The molecule has 1 atom stereocenters. The third-order valence-corrected chi connectivity index (χ3v) is 6.55. The molecule has 3 heterocycles. The van der Waals surface area contributed by atoms with Gasteiger partial charge in [0, 0.05) is 37.2 Å². The van der Waals surface area contributed by atoms with E-state index in [0.29, 0.717) is 12.0 Å². The van der Waals surface area contributed by atoms with E-state index < -0.39 is 0 Å². The molecule has 32 heavy (non-hydrogen) atoms. The number of aryl methyl sites for hydroxylation is 3. The summed E-state index contributed by atoms with van der Waals surface area (Å²) in [6, 6.07) is 13.2. The zero-order chi connectivity index (χ0) is 22.4. The van der Waals surface area contributed by atoms with E-state index in [1.807, 2.05) is 13.2 Å². The van der Waals surface area contributed by atoms with Gasteiger partial charge in [-0.3, -0.25) is 4.90 Å². The number of likely N-dealkylation sites (N-methyl/N-ethyl adjacent to an activating group) is 1. The Bertz CT molecular complexity index is 1290. The minimum absolute atomic E-state index is 0.402. The fraction of sp³-hybridized carbons (Fsp3) is 0.320. The van der Waals surface area contributed by atoms with Crippen LogP contribution in [-0.2, 0) is 13.5 Å². The van der Waals surface area contributed by atoms with Gasteiger partial charge in [0.1, 0.15) is 0 Å². The predicted octanol–water partition coefficient (Wildman–Crippen LogP) is 5.02. The lowest BCUT2D eigenvalue weighted by Gasteiger charge is -2.32. The Labute approximate surface area is 188 Å². The van der Waals surface area contributed by atoms with Crippen molar-refractivity contribution in [2.75, 3.05) is 24.2 Å². The van der Waals surface area contributed by atoms with Gasteiger partial charge in [0.25, 0.3) is 0 Å². The molecule has 2 aromatic heterocycles. The molecule has 0 saturated carbocycles. The van der Waals surface area contributed by atoms with Crippen LogP contribution in [-0.4, -0.2) is 38.2 Å². The number of anilines is 4. The maximum absolute atomic E-state index is 4.75. The molecule has 164 valence electrons. The lowest BCUT2D eigenvalue weighted by atomic mass is 9.93. The van der Waals surface area contributed by atoms with Gasteiger partial charge in [0.15, 0.2) is 11.5 Å². The highest BCUT2D eigenvalue weighted by molar-refractivity contribution is 5.90. The molecule has 0 saturated heterocycles. The summed E-state index contributed by atoms with van der Waals surface area (Å²) in [5, 5.41) is 12.4. The number of aromatic nitrogens is 4. The van der Waals surface area contributed by atoms with E-state index in [1.54, 1.807) is 4.68 Å². The van der Waals surface area contributed by atoms with E-state index in [9.17, 15) is 0 Å². The molecule has 2 N–H and O–H groups in total. The van der Waals surface area contributed by atoms with E-state index >= 15 is 0 Å².